The first kappa shape index (κ1) is 28.0. The van der Waals surface area contributed by atoms with Gasteiger partial charge in [-0.15, -0.1) is 0 Å². The molecule has 7 nitrogen and oxygen atoms in total. The van der Waals surface area contributed by atoms with Gasteiger partial charge in [-0.1, -0.05) is 54.9 Å². The summed E-state index contributed by atoms with van der Waals surface area (Å²) < 4.78 is 6.39. The van der Waals surface area contributed by atoms with E-state index in [1.54, 1.807) is 0 Å². The Labute approximate surface area is 219 Å². The van der Waals surface area contributed by atoms with E-state index in [-0.39, 0.29) is 31.1 Å². The second-order valence-corrected chi connectivity index (χ2v) is 9.64. The maximum absolute atomic E-state index is 12.9. The number of hydrogen-bond acceptors (Lipinski definition) is 4. The maximum Gasteiger partial charge on any atom is 0.404 e. The molecule has 1 saturated heterocycles. The van der Waals surface area contributed by atoms with Gasteiger partial charge in [-0.05, 0) is 62.0 Å². The van der Waals surface area contributed by atoms with Gasteiger partial charge in [-0.3, -0.25) is 4.79 Å². The summed E-state index contributed by atoms with van der Waals surface area (Å²) >= 11 is 6.78. The summed E-state index contributed by atoms with van der Waals surface area (Å²) in [5.41, 5.74) is 4.16. The molecule has 1 aliphatic heterocycles. The van der Waals surface area contributed by atoms with Crippen molar-refractivity contribution < 1.29 is 19.4 Å². The lowest BCUT2D eigenvalue weighted by molar-refractivity contribution is -0.134. The van der Waals surface area contributed by atoms with Gasteiger partial charge in [0.25, 0.3) is 0 Å². The number of hydrogen-bond donors (Lipinski definition) is 3. The lowest BCUT2D eigenvalue weighted by Crippen LogP contribution is -2.42. The topological polar surface area (TPSA) is 90.9 Å². The van der Waals surface area contributed by atoms with Gasteiger partial charge in [0.1, 0.15) is 0 Å². The monoisotopic (exact) mass is 515 g/mol. The van der Waals surface area contributed by atoms with Crippen molar-refractivity contribution in [1.82, 2.24) is 15.5 Å². The van der Waals surface area contributed by atoms with Crippen LogP contribution < -0.4 is 10.6 Å². The van der Waals surface area contributed by atoms with Crippen LogP contribution in [0, 0.1) is 5.92 Å². The highest BCUT2D eigenvalue weighted by Gasteiger charge is 2.33. The van der Waals surface area contributed by atoms with Crippen LogP contribution in [0.3, 0.4) is 0 Å². The Bertz CT molecular complexity index is 1020. The van der Waals surface area contributed by atoms with Crippen molar-refractivity contribution in [3.8, 4) is 11.1 Å². The minimum atomic E-state index is -1.08. The number of piperidine rings is 1. The molecule has 0 aromatic heterocycles. The molecule has 2 amide bonds. The van der Waals surface area contributed by atoms with Crippen LogP contribution in [0.2, 0.25) is 5.02 Å². The number of aryl methyl sites for hydroxylation is 1. The van der Waals surface area contributed by atoms with Crippen LogP contribution in [0.4, 0.5) is 4.79 Å². The Balaban J connectivity index is 1.91. The zero-order chi connectivity index (χ0) is 25.9. The van der Waals surface area contributed by atoms with E-state index in [0.717, 1.165) is 55.5 Å². The second-order valence-electron chi connectivity index (χ2n) is 9.23. The van der Waals surface area contributed by atoms with E-state index in [2.05, 4.69) is 35.8 Å². The highest BCUT2D eigenvalue weighted by molar-refractivity contribution is 6.33. The van der Waals surface area contributed by atoms with Crippen LogP contribution in [0.1, 0.15) is 49.8 Å². The van der Waals surface area contributed by atoms with Gasteiger partial charge < -0.3 is 25.4 Å². The Hall–Kier alpha value is -2.61. The minimum absolute atomic E-state index is 0.0726. The summed E-state index contributed by atoms with van der Waals surface area (Å²) in [6.45, 7) is 4.71. The average molecular weight is 516 g/mol. The fourth-order valence-electron chi connectivity index (χ4n) is 4.91. The lowest BCUT2D eigenvalue weighted by Gasteiger charge is -2.38. The highest BCUT2D eigenvalue weighted by Crippen LogP contribution is 2.41. The summed E-state index contributed by atoms with van der Waals surface area (Å²) in [6, 6.07) is 14.2. The van der Waals surface area contributed by atoms with Gasteiger partial charge in [-0.2, -0.15) is 0 Å². The molecule has 196 valence electrons. The van der Waals surface area contributed by atoms with E-state index in [4.69, 9.17) is 21.4 Å². The van der Waals surface area contributed by atoms with Crippen LogP contribution in [-0.4, -0.2) is 61.8 Å². The molecular formula is C28H38ClN3O4. The van der Waals surface area contributed by atoms with Crippen LogP contribution in [0.5, 0.6) is 0 Å². The van der Waals surface area contributed by atoms with Crippen molar-refractivity contribution in [1.29, 1.82) is 0 Å². The zero-order valence-corrected chi connectivity index (χ0v) is 22.0. The summed E-state index contributed by atoms with van der Waals surface area (Å²) in [4.78, 5) is 25.8. The fraction of sp³-hybridized carbons (Fsp3) is 0.500. The number of carboxylic acid groups (broad SMARTS) is 1. The number of halogens is 1. The molecule has 0 spiro atoms. The number of rotatable bonds is 12. The molecule has 3 rings (SSSR count). The molecule has 0 saturated carbocycles. The van der Waals surface area contributed by atoms with Crippen LogP contribution in [0.25, 0.3) is 11.1 Å². The molecule has 2 unspecified atom stereocenters. The molecule has 1 fully saturated rings. The standard InChI is InChI=1S/C28H38ClN3O4/c1-3-20-8-4-9-21(18-20)26-23(11-5-12-24(26)29)27(36-17-15-31-28(34)35)22-10-7-16-32(19-22)25(33)13-6-14-30-2/h4-5,8-9,11-12,18,22,27,30-31H,3,6-7,10,13-17,19H2,1-2H3,(H,34,35). The Morgan fingerprint density at radius 2 is 2.03 bits per heavy atom. The van der Waals surface area contributed by atoms with Crippen molar-refractivity contribution in [2.45, 2.75) is 45.1 Å². The predicted molar refractivity (Wildman–Crippen MR) is 143 cm³/mol. The van der Waals surface area contributed by atoms with Crippen LogP contribution in [0.15, 0.2) is 42.5 Å². The fourth-order valence-corrected chi connectivity index (χ4v) is 5.20. The minimum Gasteiger partial charge on any atom is -0.465 e. The van der Waals surface area contributed by atoms with Gasteiger partial charge in [0.15, 0.2) is 0 Å². The smallest absolute Gasteiger partial charge is 0.404 e. The van der Waals surface area contributed by atoms with E-state index >= 15 is 0 Å². The van der Waals surface area contributed by atoms with E-state index in [9.17, 15) is 9.59 Å². The first-order chi connectivity index (χ1) is 17.4. The Kier molecular flexibility index (Phi) is 11.0. The Morgan fingerprint density at radius 1 is 1.22 bits per heavy atom. The van der Waals surface area contributed by atoms with E-state index in [1.807, 2.05) is 36.2 Å². The number of carbonyl (C=O) groups excluding carboxylic acids is 1. The highest BCUT2D eigenvalue weighted by atomic mass is 35.5. The molecule has 0 radical (unpaired) electrons. The van der Waals surface area contributed by atoms with Gasteiger partial charge in [-0.25, -0.2) is 4.79 Å². The molecule has 3 N–H and O–H groups in total. The largest absolute Gasteiger partial charge is 0.465 e. The molecule has 0 aliphatic carbocycles. The summed E-state index contributed by atoms with van der Waals surface area (Å²) in [6.07, 6.45) is 2.66. The maximum atomic E-state index is 12.9. The zero-order valence-electron chi connectivity index (χ0n) is 21.3. The summed E-state index contributed by atoms with van der Waals surface area (Å²) in [5, 5.41) is 15.1. The molecule has 1 aliphatic rings. The molecule has 1 heterocycles. The van der Waals surface area contributed by atoms with Gasteiger partial charge in [0, 0.05) is 42.6 Å². The number of carbonyl (C=O) groups is 2. The van der Waals surface area contributed by atoms with Gasteiger partial charge >= 0.3 is 6.09 Å². The van der Waals surface area contributed by atoms with Crippen molar-refractivity contribution in [2.24, 2.45) is 5.92 Å². The third-order valence-electron chi connectivity index (χ3n) is 6.71. The molecule has 8 heteroatoms. The van der Waals surface area contributed by atoms with Crippen LogP contribution >= 0.6 is 11.6 Å². The summed E-state index contributed by atoms with van der Waals surface area (Å²) in [5.74, 6) is 0.242. The van der Waals surface area contributed by atoms with Crippen molar-refractivity contribution in [2.75, 3.05) is 39.8 Å². The van der Waals surface area contributed by atoms with Crippen molar-refractivity contribution >= 4 is 23.6 Å². The number of likely N-dealkylation sites (tertiary alicyclic amines) is 1. The molecule has 2 aromatic rings. The predicted octanol–water partition coefficient (Wildman–Crippen LogP) is 5.13. The van der Waals surface area contributed by atoms with E-state index in [1.165, 1.54) is 5.56 Å². The SMILES string of the molecule is CCc1cccc(-c2c(Cl)cccc2C(OCCNC(=O)O)C2CCCN(C(=O)CCCNC)C2)c1. The third kappa shape index (κ3) is 7.69. The van der Waals surface area contributed by atoms with Crippen LogP contribution in [-0.2, 0) is 16.0 Å². The number of nitrogens with zero attached hydrogens (tertiary/aromatic N) is 1. The molecule has 2 aromatic carbocycles. The van der Waals surface area contributed by atoms with E-state index in [0.29, 0.717) is 18.0 Å². The molecular weight excluding hydrogens is 478 g/mol. The van der Waals surface area contributed by atoms with Crippen molar-refractivity contribution in [3.63, 3.8) is 0 Å². The normalized spacial score (nSPS) is 16.5. The lowest BCUT2D eigenvalue weighted by atomic mass is 9.84. The van der Waals surface area contributed by atoms with Gasteiger partial charge in [0.2, 0.25) is 5.91 Å². The first-order valence-corrected chi connectivity index (χ1v) is 13.2. The molecule has 36 heavy (non-hydrogen) atoms. The quantitative estimate of drug-likeness (QED) is 0.341. The number of nitrogens with one attached hydrogen (secondary N) is 2. The van der Waals surface area contributed by atoms with Gasteiger partial charge in [0.05, 0.1) is 12.7 Å². The molecule has 0 bridgehead atoms. The number of benzene rings is 2. The third-order valence-corrected chi connectivity index (χ3v) is 7.02. The first-order valence-electron chi connectivity index (χ1n) is 12.8. The van der Waals surface area contributed by atoms with Crippen molar-refractivity contribution in [3.05, 3.63) is 58.6 Å². The number of ether oxygens (including phenoxy) is 1. The average Bonchev–Trinajstić information content (AvgIpc) is 2.88. The molecule has 2 atom stereocenters. The number of amides is 2. The second kappa shape index (κ2) is 14.2. The summed E-state index contributed by atoms with van der Waals surface area (Å²) in [7, 11) is 1.89. The van der Waals surface area contributed by atoms with E-state index < -0.39 is 6.09 Å². The Morgan fingerprint density at radius 3 is 2.78 bits per heavy atom.